The van der Waals surface area contributed by atoms with Crippen LogP contribution >= 0.6 is 15.9 Å². The number of anilines is 2. The molecule has 21 heavy (non-hydrogen) atoms. The Labute approximate surface area is 129 Å². The number of hydrogen-bond donors (Lipinski definition) is 3. The number of hydrogen-bond acceptors (Lipinski definition) is 5. The molecule has 0 radical (unpaired) electrons. The lowest BCUT2D eigenvalue weighted by molar-refractivity contribution is 0.0692. The molecular formula is C12H10BrN3O4S. The number of halogens is 1. The van der Waals surface area contributed by atoms with Gasteiger partial charge < -0.3 is 10.8 Å². The fourth-order valence-corrected chi connectivity index (χ4v) is 3.38. The van der Waals surface area contributed by atoms with Gasteiger partial charge in [0.25, 0.3) is 10.0 Å². The lowest BCUT2D eigenvalue weighted by Gasteiger charge is -2.11. The summed E-state index contributed by atoms with van der Waals surface area (Å²) in [5.41, 5.74) is 5.51. The first-order valence-electron chi connectivity index (χ1n) is 5.57. The summed E-state index contributed by atoms with van der Waals surface area (Å²) in [4.78, 5) is 14.6. The highest BCUT2D eigenvalue weighted by atomic mass is 79.9. The molecule has 0 aliphatic carbocycles. The van der Waals surface area contributed by atoms with E-state index in [1.54, 1.807) is 6.07 Å². The molecule has 2 aromatic rings. The van der Waals surface area contributed by atoms with Crippen LogP contribution in [-0.4, -0.2) is 24.5 Å². The molecule has 0 aliphatic heterocycles. The summed E-state index contributed by atoms with van der Waals surface area (Å²) in [6.07, 6.45) is 1.48. The minimum Gasteiger partial charge on any atom is -0.478 e. The number of benzene rings is 1. The summed E-state index contributed by atoms with van der Waals surface area (Å²) in [6.45, 7) is 0. The summed E-state index contributed by atoms with van der Waals surface area (Å²) in [6, 6.07) is 6.59. The van der Waals surface area contributed by atoms with Crippen LogP contribution in [0.4, 0.5) is 11.4 Å². The number of pyridine rings is 1. The highest BCUT2D eigenvalue weighted by Gasteiger charge is 2.23. The van der Waals surface area contributed by atoms with Crippen molar-refractivity contribution in [1.82, 2.24) is 4.98 Å². The number of sulfonamides is 1. The van der Waals surface area contributed by atoms with Crippen molar-refractivity contribution in [1.29, 1.82) is 0 Å². The number of nitrogens with one attached hydrogen (secondary N) is 1. The Morgan fingerprint density at radius 3 is 2.67 bits per heavy atom. The van der Waals surface area contributed by atoms with Crippen LogP contribution in [0.5, 0.6) is 0 Å². The Kier molecular flexibility index (Phi) is 4.14. The van der Waals surface area contributed by atoms with Crippen LogP contribution in [0.15, 0.2) is 46.0 Å². The van der Waals surface area contributed by atoms with Gasteiger partial charge in [-0.05, 0) is 46.3 Å². The molecule has 1 aromatic heterocycles. The van der Waals surface area contributed by atoms with E-state index in [1.165, 1.54) is 18.3 Å². The first-order valence-corrected chi connectivity index (χ1v) is 7.85. The van der Waals surface area contributed by atoms with Crippen molar-refractivity contribution < 1.29 is 18.3 Å². The number of rotatable bonds is 4. The number of nitrogens with two attached hydrogens (primary N) is 1. The highest BCUT2D eigenvalue weighted by Crippen LogP contribution is 2.25. The zero-order valence-electron chi connectivity index (χ0n) is 10.4. The predicted octanol–water partition coefficient (Wildman–Crippen LogP) is 1.93. The van der Waals surface area contributed by atoms with Gasteiger partial charge in [-0.15, -0.1) is 0 Å². The Morgan fingerprint density at radius 1 is 1.33 bits per heavy atom. The van der Waals surface area contributed by atoms with E-state index < -0.39 is 20.9 Å². The van der Waals surface area contributed by atoms with E-state index in [0.29, 0.717) is 0 Å². The van der Waals surface area contributed by atoms with Crippen molar-refractivity contribution in [3.05, 3.63) is 46.7 Å². The molecule has 0 spiro atoms. The second-order valence-corrected chi connectivity index (χ2v) is 6.41. The van der Waals surface area contributed by atoms with E-state index in [-0.39, 0.29) is 21.5 Å². The fourth-order valence-electron chi connectivity index (χ4n) is 1.60. The zero-order valence-corrected chi connectivity index (χ0v) is 12.8. The standard InChI is InChI=1S/C12H10BrN3O4S/c13-11-9(2-1-5-15-11)16-21(19,20)10-6-7(14)3-4-8(10)12(17)18/h1-6,16H,14H2,(H,17,18). The predicted molar refractivity (Wildman–Crippen MR) is 80.6 cm³/mol. The van der Waals surface area contributed by atoms with E-state index in [2.05, 4.69) is 25.6 Å². The molecule has 2 rings (SSSR count). The lowest BCUT2D eigenvalue weighted by atomic mass is 10.2. The van der Waals surface area contributed by atoms with Crippen molar-refractivity contribution in [2.24, 2.45) is 0 Å². The molecule has 0 saturated heterocycles. The van der Waals surface area contributed by atoms with Crippen LogP contribution in [0.1, 0.15) is 10.4 Å². The topological polar surface area (TPSA) is 122 Å². The maximum absolute atomic E-state index is 12.4. The minimum atomic E-state index is -4.11. The number of nitrogens with zero attached hydrogens (tertiary/aromatic N) is 1. The van der Waals surface area contributed by atoms with E-state index in [1.807, 2.05) is 0 Å². The lowest BCUT2D eigenvalue weighted by Crippen LogP contribution is -2.17. The first kappa shape index (κ1) is 15.3. The van der Waals surface area contributed by atoms with Gasteiger partial charge in [-0.2, -0.15) is 0 Å². The molecule has 0 fully saturated rings. The maximum atomic E-state index is 12.4. The third kappa shape index (κ3) is 3.31. The van der Waals surface area contributed by atoms with Gasteiger partial charge in [0.15, 0.2) is 0 Å². The van der Waals surface area contributed by atoms with Gasteiger partial charge in [-0.1, -0.05) is 0 Å². The van der Waals surface area contributed by atoms with Gasteiger partial charge >= 0.3 is 5.97 Å². The zero-order chi connectivity index (χ0) is 15.6. The van der Waals surface area contributed by atoms with Crippen molar-refractivity contribution in [2.75, 3.05) is 10.5 Å². The van der Waals surface area contributed by atoms with Crippen LogP contribution in [0.3, 0.4) is 0 Å². The number of carboxylic acid groups (broad SMARTS) is 1. The number of aromatic carboxylic acids is 1. The summed E-state index contributed by atoms with van der Waals surface area (Å²) < 4.78 is 27.3. The second kappa shape index (κ2) is 5.70. The van der Waals surface area contributed by atoms with Gasteiger partial charge in [0.2, 0.25) is 0 Å². The Balaban J connectivity index is 2.52. The number of nitrogen functional groups attached to an aromatic ring is 1. The fraction of sp³-hybridized carbons (Fsp3) is 0. The summed E-state index contributed by atoms with van der Waals surface area (Å²) in [5, 5.41) is 9.09. The number of carboxylic acids is 1. The van der Waals surface area contributed by atoms with E-state index in [0.717, 1.165) is 12.1 Å². The molecule has 9 heteroatoms. The van der Waals surface area contributed by atoms with Crippen molar-refractivity contribution >= 4 is 43.3 Å². The van der Waals surface area contributed by atoms with Crippen molar-refractivity contribution in [2.45, 2.75) is 4.90 Å². The Bertz CT molecular complexity index is 808. The van der Waals surface area contributed by atoms with E-state index in [9.17, 15) is 13.2 Å². The molecule has 0 amide bonds. The van der Waals surface area contributed by atoms with Crippen LogP contribution < -0.4 is 10.5 Å². The summed E-state index contributed by atoms with van der Waals surface area (Å²) >= 11 is 3.10. The van der Waals surface area contributed by atoms with Gasteiger partial charge in [-0.3, -0.25) is 4.72 Å². The van der Waals surface area contributed by atoms with Gasteiger partial charge in [0.05, 0.1) is 11.3 Å². The Hall–Kier alpha value is -2.13. The summed E-state index contributed by atoms with van der Waals surface area (Å²) in [5.74, 6) is -1.36. The Morgan fingerprint density at radius 2 is 2.05 bits per heavy atom. The van der Waals surface area contributed by atoms with E-state index in [4.69, 9.17) is 10.8 Å². The average Bonchev–Trinajstić information content (AvgIpc) is 2.41. The molecule has 4 N–H and O–H groups in total. The molecule has 0 saturated carbocycles. The van der Waals surface area contributed by atoms with E-state index >= 15 is 0 Å². The van der Waals surface area contributed by atoms with Crippen LogP contribution in [0, 0.1) is 0 Å². The third-order valence-electron chi connectivity index (χ3n) is 2.53. The monoisotopic (exact) mass is 371 g/mol. The quantitative estimate of drug-likeness (QED) is 0.557. The number of aromatic nitrogens is 1. The van der Waals surface area contributed by atoms with Crippen LogP contribution in [-0.2, 0) is 10.0 Å². The smallest absolute Gasteiger partial charge is 0.337 e. The molecule has 0 atom stereocenters. The normalized spacial score (nSPS) is 11.1. The largest absolute Gasteiger partial charge is 0.478 e. The first-order chi connectivity index (χ1) is 9.81. The maximum Gasteiger partial charge on any atom is 0.337 e. The minimum absolute atomic E-state index is 0.144. The molecule has 0 bridgehead atoms. The average molecular weight is 372 g/mol. The van der Waals surface area contributed by atoms with Crippen LogP contribution in [0.25, 0.3) is 0 Å². The van der Waals surface area contributed by atoms with Gasteiger partial charge in [-0.25, -0.2) is 18.2 Å². The second-order valence-electron chi connectivity index (χ2n) is 4.01. The molecule has 7 nitrogen and oxygen atoms in total. The molecule has 110 valence electrons. The number of carbonyl (C=O) groups is 1. The molecule has 0 unspecified atom stereocenters. The van der Waals surface area contributed by atoms with Gasteiger partial charge in [0.1, 0.15) is 9.50 Å². The van der Waals surface area contributed by atoms with Crippen molar-refractivity contribution in [3.8, 4) is 0 Å². The highest BCUT2D eigenvalue weighted by molar-refractivity contribution is 9.10. The molecule has 0 aliphatic rings. The van der Waals surface area contributed by atoms with Crippen molar-refractivity contribution in [3.63, 3.8) is 0 Å². The third-order valence-corrected chi connectivity index (χ3v) is 4.57. The SMILES string of the molecule is Nc1ccc(C(=O)O)c(S(=O)(=O)Nc2cccnc2Br)c1. The summed E-state index contributed by atoms with van der Waals surface area (Å²) in [7, 11) is -4.11. The van der Waals surface area contributed by atoms with Gasteiger partial charge in [0, 0.05) is 11.9 Å². The molecule has 1 heterocycles. The van der Waals surface area contributed by atoms with Crippen LogP contribution in [0.2, 0.25) is 0 Å². The molecule has 1 aromatic carbocycles. The molecular weight excluding hydrogens is 362 g/mol.